The highest BCUT2D eigenvalue weighted by Gasteiger charge is 1.97. The van der Waals surface area contributed by atoms with Crippen molar-refractivity contribution in [2.75, 3.05) is 12.4 Å². The molecule has 0 aromatic carbocycles. The van der Waals surface area contributed by atoms with Gasteiger partial charge in [0.2, 0.25) is 0 Å². The molecule has 1 aromatic rings. The second-order valence-corrected chi connectivity index (χ2v) is 2.44. The van der Waals surface area contributed by atoms with E-state index in [4.69, 9.17) is 4.74 Å². The highest BCUT2D eigenvalue weighted by Crippen LogP contribution is 2.07. The van der Waals surface area contributed by atoms with E-state index in [1.54, 1.807) is 19.5 Å². The summed E-state index contributed by atoms with van der Waals surface area (Å²) in [5, 5.41) is 2.99. The molecule has 1 heterocycles. The van der Waals surface area contributed by atoms with Gasteiger partial charge in [-0.1, -0.05) is 0 Å². The summed E-state index contributed by atoms with van der Waals surface area (Å²) in [7, 11) is 1.59. The lowest BCUT2D eigenvalue weighted by molar-refractivity contribution is 0.195. The third-order valence-electron chi connectivity index (χ3n) is 1.19. The minimum Gasteiger partial charge on any atom is -0.353 e. The Hall–Kier alpha value is -0.740. The number of thiol groups is 1. The van der Waals surface area contributed by atoms with Crippen LogP contribution in [0.1, 0.15) is 0 Å². The summed E-state index contributed by atoms with van der Waals surface area (Å²) in [6.07, 6.45) is 3.41. The minimum absolute atomic E-state index is 0.266. The molecule has 4 heteroatoms. The molecule has 0 aliphatic heterocycles. The quantitative estimate of drug-likeness (QED) is 0.531. The largest absolute Gasteiger partial charge is 0.353 e. The molecule has 3 nitrogen and oxygen atoms in total. The van der Waals surface area contributed by atoms with Crippen LogP contribution in [-0.4, -0.2) is 17.7 Å². The molecule has 0 saturated carbocycles. The van der Waals surface area contributed by atoms with Crippen LogP contribution in [0.25, 0.3) is 0 Å². The lowest BCUT2D eigenvalue weighted by Crippen LogP contribution is -2.13. The summed E-state index contributed by atoms with van der Waals surface area (Å²) in [4.78, 5) is 3.87. The summed E-state index contributed by atoms with van der Waals surface area (Å²) in [5.74, 6) is 0. The maximum atomic E-state index is 4.89. The molecule has 1 rings (SSSR count). The molecule has 1 N–H and O–H groups in total. The average Bonchev–Trinajstić information content (AvgIpc) is 2.06. The second-order valence-electron chi connectivity index (χ2n) is 1.97. The Morgan fingerprint density at radius 3 is 2.73 bits per heavy atom. The van der Waals surface area contributed by atoms with E-state index in [1.807, 2.05) is 12.1 Å². The highest BCUT2D eigenvalue weighted by atomic mass is 32.1. The van der Waals surface area contributed by atoms with Crippen molar-refractivity contribution in [3.8, 4) is 0 Å². The van der Waals surface area contributed by atoms with Gasteiger partial charge in [-0.2, -0.15) is 0 Å². The Morgan fingerprint density at radius 1 is 1.55 bits per heavy atom. The van der Waals surface area contributed by atoms with E-state index in [1.165, 1.54) is 0 Å². The Morgan fingerprint density at radius 2 is 2.18 bits per heavy atom. The third kappa shape index (κ3) is 2.78. The van der Waals surface area contributed by atoms with Crippen LogP contribution >= 0.6 is 12.6 Å². The lowest BCUT2D eigenvalue weighted by atomic mass is 10.4. The first-order valence-corrected chi connectivity index (χ1v) is 3.72. The molecule has 11 heavy (non-hydrogen) atoms. The average molecular weight is 170 g/mol. The Balaban J connectivity index is 2.51. The van der Waals surface area contributed by atoms with Crippen molar-refractivity contribution < 1.29 is 4.74 Å². The molecule has 1 aromatic heterocycles. The zero-order valence-electron chi connectivity index (χ0n) is 6.19. The van der Waals surface area contributed by atoms with E-state index in [0.717, 1.165) is 5.69 Å². The molecule has 0 aliphatic carbocycles. The summed E-state index contributed by atoms with van der Waals surface area (Å²) < 4.78 is 4.89. The van der Waals surface area contributed by atoms with Gasteiger partial charge in [0.15, 0.2) is 5.56 Å². The topological polar surface area (TPSA) is 34.1 Å². The minimum atomic E-state index is -0.266. The van der Waals surface area contributed by atoms with Crippen molar-refractivity contribution >= 4 is 18.3 Å². The molecule has 60 valence electrons. The van der Waals surface area contributed by atoms with E-state index >= 15 is 0 Å². The molecular weight excluding hydrogens is 160 g/mol. The van der Waals surface area contributed by atoms with Gasteiger partial charge in [0.05, 0.1) is 0 Å². The fourth-order valence-corrected chi connectivity index (χ4v) is 0.799. The number of pyridine rings is 1. The van der Waals surface area contributed by atoms with Crippen molar-refractivity contribution in [3.63, 3.8) is 0 Å². The van der Waals surface area contributed by atoms with E-state index in [2.05, 4.69) is 22.9 Å². The first-order chi connectivity index (χ1) is 5.33. The fourth-order valence-electron chi connectivity index (χ4n) is 0.650. The normalized spacial score (nSPS) is 12.5. The van der Waals surface area contributed by atoms with Gasteiger partial charge in [-0.15, -0.1) is 12.6 Å². The fraction of sp³-hybridized carbons (Fsp3) is 0.286. The molecule has 0 fully saturated rings. The van der Waals surface area contributed by atoms with Crippen molar-refractivity contribution in [2.24, 2.45) is 0 Å². The maximum absolute atomic E-state index is 4.89. The summed E-state index contributed by atoms with van der Waals surface area (Å²) in [6, 6.07) is 3.70. The summed E-state index contributed by atoms with van der Waals surface area (Å²) in [5.41, 5.74) is 0.680. The van der Waals surface area contributed by atoms with Gasteiger partial charge in [-0.05, 0) is 12.1 Å². The molecule has 1 atom stereocenters. The van der Waals surface area contributed by atoms with Gasteiger partial charge in [-0.3, -0.25) is 4.98 Å². The van der Waals surface area contributed by atoms with Crippen molar-refractivity contribution in [1.82, 2.24) is 4.98 Å². The Kier molecular flexibility index (Phi) is 3.19. The summed E-state index contributed by atoms with van der Waals surface area (Å²) >= 11 is 4.09. The molecule has 0 amide bonds. The number of anilines is 1. The van der Waals surface area contributed by atoms with Gasteiger partial charge in [0.25, 0.3) is 0 Å². The van der Waals surface area contributed by atoms with Crippen molar-refractivity contribution in [3.05, 3.63) is 24.5 Å². The SMILES string of the molecule is COC(S)Nc1ccncc1. The molecule has 1 unspecified atom stereocenters. The number of hydrogen-bond donors (Lipinski definition) is 2. The molecule has 0 aliphatic rings. The van der Waals surface area contributed by atoms with E-state index < -0.39 is 0 Å². The van der Waals surface area contributed by atoms with Gasteiger partial charge in [-0.25, -0.2) is 0 Å². The van der Waals surface area contributed by atoms with Crippen LogP contribution in [0.5, 0.6) is 0 Å². The monoisotopic (exact) mass is 170 g/mol. The number of methoxy groups -OCH3 is 1. The van der Waals surface area contributed by atoms with E-state index in [0.29, 0.717) is 0 Å². The van der Waals surface area contributed by atoms with Crippen LogP contribution in [0, 0.1) is 0 Å². The van der Waals surface area contributed by atoms with Crippen molar-refractivity contribution in [2.45, 2.75) is 5.56 Å². The molecule has 0 spiro atoms. The smallest absolute Gasteiger partial charge is 0.173 e. The van der Waals surface area contributed by atoms with Crippen LogP contribution in [0.4, 0.5) is 5.69 Å². The third-order valence-corrected chi connectivity index (χ3v) is 1.53. The zero-order chi connectivity index (χ0) is 8.10. The first-order valence-electron chi connectivity index (χ1n) is 3.20. The first kappa shape index (κ1) is 8.36. The van der Waals surface area contributed by atoms with Crippen LogP contribution in [-0.2, 0) is 4.74 Å². The summed E-state index contributed by atoms with van der Waals surface area (Å²) in [6.45, 7) is 0. The van der Waals surface area contributed by atoms with Crippen molar-refractivity contribution in [1.29, 1.82) is 0 Å². The van der Waals surface area contributed by atoms with Gasteiger partial charge in [0, 0.05) is 25.2 Å². The molecule has 0 radical (unpaired) electrons. The van der Waals surface area contributed by atoms with Gasteiger partial charge < -0.3 is 10.1 Å². The number of nitrogens with zero attached hydrogens (tertiary/aromatic N) is 1. The Bertz CT molecular complexity index is 205. The molecule has 0 saturated heterocycles. The van der Waals surface area contributed by atoms with E-state index in [9.17, 15) is 0 Å². The number of nitrogens with one attached hydrogen (secondary N) is 1. The zero-order valence-corrected chi connectivity index (χ0v) is 7.08. The number of aromatic nitrogens is 1. The van der Waals surface area contributed by atoms with Gasteiger partial charge in [0.1, 0.15) is 0 Å². The predicted molar refractivity (Wildman–Crippen MR) is 47.6 cm³/mol. The number of rotatable bonds is 3. The van der Waals surface area contributed by atoms with Crippen LogP contribution < -0.4 is 5.32 Å². The van der Waals surface area contributed by atoms with Crippen LogP contribution in [0.2, 0.25) is 0 Å². The second kappa shape index (κ2) is 4.20. The number of hydrogen-bond acceptors (Lipinski definition) is 4. The highest BCUT2D eigenvalue weighted by molar-refractivity contribution is 7.80. The lowest BCUT2D eigenvalue weighted by Gasteiger charge is -2.11. The Labute approximate surface area is 71.2 Å². The van der Waals surface area contributed by atoms with Gasteiger partial charge >= 0.3 is 0 Å². The molecular formula is C7H10N2OS. The maximum Gasteiger partial charge on any atom is 0.173 e. The molecule has 0 bridgehead atoms. The van der Waals surface area contributed by atoms with Crippen LogP contribution in [0.3, 0.4) is 0 Å². The predicted octanol–water partition coefficient (Wildman–Crippen LogP) is 1.35. The number of ether oxygens (including phenoxy) is 1. The van der Waals surface area contributed by atoms with E-state index in [-0.39, 0.29) is 5.56 Å². The standard InChI is InChI=1S/C7H10N2OS/c1-10-7(11)9-6-2-4-8-5-3-6/h2-5,7,11H,1H3,(H,8,9). The van der Waals surface area contributed by atoms with Crippen LogP contribution in [0.15, 0.2) is 24.5 Å².